The van der Waals surface area contributed by atoms with Crippen LogP contribution in [0, 0.1) is 0 Å². The Bertz CT molecular complexity index is 1230. The number of amides is 2. The number of hydrogen-bond acceptors (Lipinski definition) is 12. The SMILES string of the molecule is CCON=C(C(=O)NC1C(=O)N2C(C(=O)[O-])=C(C[n+]3ccc(COC)cc3)CS[C@H]12)c1nsc(N)n1. The second-order valence-electron chi connectivity index (χ2n) is 7.73. The summed E-state index contributed by atoms with van der Waals surface area (Å²) in [6, 6.07) is 2.77. The van der Waals surface area contributed by atoms with Gasteiger partial charge in [0.2, 0.25) is 11.5 Å². The van der Waals surface area contributed by atoms with Crippen LogP contribution in [0.5, 0.6) is 0 Å². The van der Waals surface area contributed by atoms with E-state index >= 15 is 0 Å². The Balaban J connectivity index is 1.50. The van der Waals surface area contributed by atoms with Gasteiger partial charge in [-0.3, -0.25) is 14.5 Å². The van der Waals surface area contributed by atoms with Crippen molar-refractivity contribution < 1.29 is 33.6 Å². The summed E-state index contributed by atoms with van der Waals surface area (Å²) in [7, 11) is 1.60. The molecule has 1 fully saturated rings. The van der Waals surface area contributed by atoms with Gasteiger partial charge in [0.15, 0.2) is 24.1 Å². The number of aliphatic carboxylic acids is 1. The summed E-state index contributed by atoms with van der Waals surface area (Å²) in [4.78, 5) is 48.0. The molecule has 15 heteroatoms. The molecule has 0 radical (unpaired) electrons. The molecule has 2 atom stereocenters. The van der Waals surface area contributed by atoms with Gasteiger partial charge in [-0.1, -0.05) is 5.16 Å². The van der Waals surface area contributed by atoms with Crippen molar-refractivity contribution in [2.24, 2.45) is 5.16 Å². The normalized spacial score (nSPS) is 19.6. The van der Waals surface area contributed by atoms with Gasteiger partial charge >= 0.3 is 0 Å². The lowest BCUT2D eigenvalue weighted by Gasteiger charge is -2.50. The third-order valence-corrected chi connectivity index (χ3v) is 7.21. The number of carboxylic acids is 1. The van der Waals surface area contributed by atoms with Crippen LogP contribution in [-0.2, 0) is 37.1 Å². The first-order valence-corrected chi connectivity index (χ1v) is 12.6. The lowest BCUT2D eigenvalue weighted by molar-refractivity contribution is -0.689. The van der Waals surface area contributed by atoms with Gasteiger partial charge in [0.05, 0.1) is 18.3 Å². The Hall–Kier alpha value is -3.56. The van der Waals surface area contributed by atoms with E-state index in [-0.39, 0.29) is 35.5 Å². The lowest BCUT2D eigenvalue weighted by atomic mass is 10.0. The number of ether oxygens (including phenoxy) is 1. The molecule has 13 nitrogen and oxygen atoms in total. The Morgan fingerprint density at radius 1 is 1.39 bits per heavy atom. The number of hydrogen-bond donors (Lipinski definition) is 2. The summed E-state index contributed by atoms with van der Waals surface area (Å²) in [6.45, 7) is 2.61. The first-order valence-electron chi connectivity index (χ1n) is 10.8. The number of carbonyl (C=O) groups excluding carboxylic acids is 3. The quantitative estimate of drug-likeness (QED) is 0.156. The second kappa shape index (κ2) is 11.0. The molecule has 0 spiro atoms. The highest BCUT2D eigenvalue weighted by Crippen LogP contribution is 2.40. The third-order valence-electron chi connectivity index (χ3n) is 5.33. The number of methoxy groups -OCH3 is 1. The molecule has 1 unspecified atom stereocenters. The largest absolute Gasteiger partial charge is 0.543 e. The topological polar surface area (TPSA) is 176 Å². The van der Waals surface area contributed by atoms with Crippen LogP contribution in [0.25, 0.3) is 0 Å². The number of nitrogens with one attached hydrogen (secondary N) is 1. The van der Waals surface area contributed by atoms with Crippen molar-refractivity contribution in [2.45, 2.75) is 31.5 Å². The van der Waals surface area contributed by atoms with Gasteiger partial charge in [-0.25, -0.2) is 4.57 Å². The molecule has 2 aliphatic rings. The summed E-state index contributed by atoms with van der Waals surface area (Å²) in [5.41, 5.74) is 6.69. The van der Waals surface area contributed by atoms with Crippen LogP contribution < -0.4 is 20.7 Å². The Morgan fingerprint density at radius 3 is 2.75 bits per heavy atom. The maximum atomic E-state index is 13.0. The second-order valence-corrected chi connectivity index (χ2v) is 9.61. The predicted molar refractivity (Wildman–Crippen MR) is 127 cm³/mol. The molecule has 1 saturated heterocycles. The maximum Gasteiger partial charge on any atom is 0.278 e. The number of rotatable bonds is 10. The van der Waals surface area contributed by atoms with Crippen LogP contribution in [0.15, 0.2) is 41.0 Å². The molecule has 4 rings (SSSR count). The van der Waals surface area contributed by atoms with Gasteiger partial charge in [0.25, 0.3) is 11.8 Å². The lowest BCUT2D eigenvalue weighted by Crippen LogP contribution is -2.71. The zero-order valence-corrected chi connectivity index (χ0v) is 21.0. The predicted octanol–water partition coefficient (Wildman–Crippen LogP) is -1.60. The summed E-state index contributed by atoms with van der Waals surface area (Å²) in [6.07, 6.45) is 3.62. The molecule has 2 aliphatic heterocycles. The smallest absolute Gasteiger partial charge is 0.278 e. The van der Waals surface area contributed by atoms with Crippen molar-refractivity contribution in [1.82, 2.24) is 19.6 Å². The zero-order valence-electron chi connectivity index (χ0n) is 19.4. The Labute approximate surface area is 214 Å². The van der Waals surface area contributed by atoms with Gasteiger partial charge in [-0.15, -0.1) is 11.8 Å². The van der Waals surface area contributed by atoms with E-state index in [4.69, 9.17) is 15.3 Å². The Kier molecular flexibility index (Phi) is 7.81. The van der Waals surface area contributed by atoms with E-state index < -0.39 is 29.2 Å². The fourth-order valence-corrected chi connectivity index (χ4v) is 5.49. The minimum atomic E-state index is -1.45. The molecular weight excluding hydrogens is 510 g/mol. The molecular formula is C21H23N7O6S2. The number of carbonyl (C=O) groups is 3. The minimum Gasteiger partial charge on any atom is -0.543 e. The van der Waals surface area contributed by atoms with Gasteiger partial charge in [0, 0.05) is 42.1 Å². The van der Waals surface area contributed by atoms with Crippen molar-refractivity contribution in [3.63, 3.8) is 0 Å². The Morgan fingerprint density at radius 2 is 2.14 bits per heavy atom. The summed E-state index contributed by atoms with van der Waals surface area (Å²) < 4.78 is 10.9. The number of β-lactam (4-membered cyclic amide) rings is 1. The van der Waals surface area contributed by atoms with E-state index in [0.29, 0.717) is 17.9 Å². The van der Waals surface area contributed by atoms with Crippen molar-refractivity contribution in [3.05, 3.63) is 47.2 Å². The van der Waals surface area contributed by atoms with Crippen LogP contribution in [0.4, 0.5) is 5.13 Å². The van der Waals surface area contributed by atoms with Crippen LogP contribution in [0.2, 0.25) is 0 Å². The number of anilines is 1. The number of fused-ring (bicyclic) bond motifs is 1. The fourth-order valence-electron chi connectivity index (χ4n) is 3.72. The number of nitrogens with zero attached hydrogens (tertiary/aromatic N) is 5. The van der Waals surface area contributed by atoms with Crippen LogP contribution >= 0.6 is 23.3 Å². The van der Waals surface area contributed by atoms with E-state index in [0.717, 1.165) is 22.0 Å². The molecule has 4 heterocycles. The van der Waals surface area contributed by atoms with E-state index in [1.165, 1.54) is 11.8 Å². The zero-order chi connectivity index (χ0) is 25.8. The van der Waals surface area contributed by atoms with E-state index in [1.807, 2.05) is 29.1 Å². The number of carboxylic acid groups (broad SMARTS) is 1. The highest BCUT2D eigenvalue weighted by Gasteiger charge is 2.53. The first kappa shape index (κ1) is 25.5. The molecule has 2 amide bonds. The van der Waals surface area contributed by atoms with Crippen molar-refractivity contribution in [1.29, 1.82) is 0 Å². The van der Waals surface area contributed by atoms with Gasteiger partial charge in [-0.2, -0.15) is 9.36 Å². The highest BCUT2D eigenvalue weighted by atomic mass is 32.2. The van der Waals surface area contributed by atoms with E-state index in [1.54, 1.807) is 14.0 Å². The fraction of sp³-hybridized carbons (Fsp3) is 0.381. The molecule has 2 aromatic heterocycles. The molecule has 2 aromatic rings. The number of oxime groups is 1. The number of nitrogens with two attached hydrogens (primary N) is 1. The molecule has 36 heavy (non-hydrogen) atoms. The number of thioether (sulfide) groups is 1. The van der Waals surface area contributed by atoms with Gasteiger partial charge < -0.3 is 30.5 Å². The minimum absolute atomic E-state index is 0.0328. The molecule has 190 valence electrons. The molecule has 0 aromatic carbocycles. The van der Waals surface area contributed by atoms with Crippen LogP contribution in [0.1, 0.15) is 18.3 Å². The molecule has 3 N–H and O–H groups in total. The molecule has 0 saturated carbocycles. The maximum absolute atomic E-state index is 13.0. The standard InChI is InChI=1S/C21H23N7O6S2/c1-3-34-25-13(16-24-21(22)36-26-16)17(29)23-14-18(30)28-15(20(31)32)12(10-35-19(14)28)8-27-6-4-11(5-7-27)9-33-2/h4-7,14,19H,3,8-10H2,1-2H3,(H3-,22,23,24,26,29,31,32)/t14?,19-/m1/s1. The number of aromatic nitrogens is 3. The van der Waals surface area contributed by atoms with Crippen LogP contribution in [0.3, 0.4) is 0 Å². The van der Waals surface area contributed by atoms with Gasteiger partial charge in [-0.05, 0) is 12.5 Å². The number of nitrogen functional groups attached to an aromatic ring is 1. The summed E-state index contributed by atoms with van der Waals surface area (Å²) >= 11 is 2.23. The average Bonchev–Trinajstić information content (AvgIpc) is 3.29. The monoisotopic (exact) mass is 533 g/mol. The van der Waals surface area contributed by atoms with Gasteiger partial charge in [0.1, 0.15) is 18.0 Å². The highest BCUT2D eigenvalue weighted by molar-refractivity contribution is 8.00. The van der Waals surface area contributed by atoms with Crippen LogP contribution in [-0.4, -0.2) is 68.6 Å². The molecule has 0 bridgehead atoms. The summed E-state index contributed by atoms with van der Waals surface area (Å²) in [5.74, 6) is -2.46. The third kappa shape index (κ3) is 5.17. The van der Waals surface area contributed by atoms with Crippen molar-refractivity contribution >= 4 is 51.9 Å². The van der Waals surface area contributed by atoms with Crippen molar-refractivity contribution in [3.8, 4) is 0 Å². The van der Waals surface area contributed by atoms with E-state index in [9.17, 15) is 19.5 Å². The first-order chi connectivity index (χ1) is 17.3. The van der Waals surface area contributed by atoms with E-state index in [2.05, 4.69) is 19.8 Å². The van der Waals surface area contributed by atoms with Crippen molar-refractivity contribution in [2.75, 3.05) is 25.2 Å². The number of pyridine rings is 1. The molecule has 0 aliphatic carbocycles. The average molecular weight is 534 g/mol. The summed E-state index contributed by atoms with van der Waals surface area (Å²) in [5, 5.41) is 17.9.